The Hall–Kier alpha value is -1.61. The van der Waals surface area contributed by atoms with Crippen LogP contribution >= 0.6 is 0 Å². The predicted molar refractivity (Wildman–Crippen MR) is 61.1 cm³/mol. The third-order valence-corrected chi connectivity index (χ3v) is 2.36. The average molecular weight is 202 g/mol. The van der Waals surface area contributed by atoms with Gasteiger partial charge in [0, 0.05) is 17.5 Å². The van der Waals surface area contributed by atoms with Gasteiger partial charge in [-0.2, -0.15) is 0 Å². The van der Waals surface area contributed by atoms with E-state index < -0.39 is 0 Å². The van der Waals surface area contributed by atoms with E-state index in [1.807, 2.05) is 24.3 Å². The Kier molecular flexibility index (Phi) is 2.83. The molecule has 0 radical (unpaired) electrons. The van der Waals surface area contributed by atoms with E-state index in [0.29, 0.717) is 6.54 Å². The van der Waals surface area contributed by atoms with Gasteiger partial charge in [0.2, 0.25) is 0 Å². The van der Waals surface area contributed by atoms with E-state index in [0.717, 1.165) is 28.8 Å². The Bertz CT molecular complexity index is 468. The van der Waals surface area contributed by atoms with Crippen LogP contribution in [0.25, 0.3) is 10.9 Å². The Labute approximate surface area is 88.9 Å². The van der Waals surface area contributed by atoms with Crippen molar-refractivity contribution in [2.45, 2.75) is 6.42 Å². The molecule has 0 fully saturated rings. The molecule has 3 nitrogen and oxygen atoms in total. The van der Waals surface area contributed by atoms with Crippen molar-refractivity contribution in [2.24, 2.45) is 5.73 Å². The van der Waals surface area contributed by atoms with Crippen molar-refractivity contribution in [2.75, 3.05) is 13.7 Å². The van der Waals surface area contributed by atoms with E-state index in [4.69, 9.17) is 10.5 Å². The van der Waals surface area contributed by atoms with E-state index in [2.05, 4.69) is 11.1 Å². The summed E-state index contributed by atoms with van der Waals surface area (Å²) in [5.41, 5.74) is 7.42. The van der Waals surface area contributed by atoms with Gasteiger partial charge in [0.1, 0.15) is 11.3 Å². The Morgan fingerprint density at radius 2 is 2.13 bits per heavy atom. The highest BCUT2D eigenvalue weighted by molar-refractivity contribution is 5.84. The summed E-state index contributed by atoms with van der Waals surface area (Å²) in [5, 5.41) is 1.09. The zero-order chi connectivity index (χ0) is 10.7. The molecule has 1 heterocycles. The highest BCUT2D eigenvalue weighted by Gasteiger charge is 2.03. The van der Waals surface area contributed by atoms with Crippen molar-refractivity contribution in [3.8, 4) is 5.75 Å². The Morgan fingerprint density at radius 1 is 1.27 bits per heavy atom. The van der Waals surface area contributed by atoms with Gasteiger partial charge >= 0.3 is 0 Å². The van der Waals surface area contributed by atoms with Gasteiger partial charge in [-0.3, -0.25) is 0 Å². The maximum Gasteiger partial charge on any atom is 0.145 e. The zero-order valence-corrected chi connectivity index (χ0v) is 8.73. The summed E-state index contributed by atoms with van der Waals surface area (Å²) < 4.78 is 5.27. The topological polar surface area (TPSA) is 48.1 Å². The SMILES string of the molecule is COc1cccc2ccc(CCN)nc12. The first kappa shape index (κ1) is 9.93. The second-order valence-electron chi connectivity index (χ2n) is 3.37. The Balaban J connectivity index is 2.57. The lowest BCUT2D eigenvalue weighted by Gasteiger charge is -2.05. The third-order valence-electron chi connectivity index (χ3n) is 2.36. The normalized spacial score (nSPS) is 10.5. The summed E-state index contributed by atoms with van der Waals surface area (Å²) in [6.07, 6.45) is 0.800. The van der Waals surface area contributed by atoms with Crippen LogP contribution in [0, 0.1) is 0 Å². The molecule has 0 aliphatic heterocycles. The molecule has 0 spiro atoms. The number of para-hydroxylation sites is 1. The fourth-order valence-corrected chi connectivity index (χ4v) is 1.61. The fraction of sp³-hybridized carbons (Fsp3) is 0.250. The summed E-state index contributed by atoms with van der Waals surface area (Å²) >= 11 is 0. The van der Waals surface area contributed by atoms with Gasteiger partial charge in [-0.1, -0.05) is 18.2 Å². The van der Waals surface area contributed by atoms with Crippen molar-refractivity contribution < 1.29 is 4.74 Å². The molecule has 0 aliphatic rings. The molecule has 3 heteroatoms. The number of nitrogens with two attached hydrogens (primary N) is 1. The van der Waals surface area contributed by atoms with Crippen LogP contribution in [0.5, 0.6) is 5.75 Å². The monoisotopic (exact) mass is 202 g/mol. The first-order valence-corrected chi connectivity index (χ1v) is 4.98. The highest BCUT2D eigenvalue weighted by Crippen LogP contribution is 2.23. The molecule has 2 aromatic rings. The van der Waals surface area contributed by atoms with E-state index >= 15 is 0 Å². The molecular weight excluding hydrogens is 188 g/mol. The molecule has 0 saturated heterocycles. The standard InChI is InChI=1S/C12H14N2O/c1-15-11-4-2-3-9-5-6-10(7-8-13)14-12(9)11/h2-6H,7-8,13H2,1H3. The number of hydrogen-bond acceptors (Lipinski definition) is 3. The molecule has 0 unspecified atom stereocenters. The van der Waals surface area contributed by atoms with Crippen LogP contribution in [0.15, 0.2) is 30.3 Å². The average Bonchev–Trinajstić information content (AvgIpc) is 2.28. The lowest BCUT2D eigenvalue weighted by Crippen LogP contribution is -2.04. The number of methoxy groups -OCH3 is 1. The van der Waals surface area contributed by atoms with Crippen molar-refractivity contribution in [1.29, 1.82) is 0 Å². The van der Waals surface area contributed by atoms with Crippen molar-refractivity contribution in [3.63, 3.8) is 0 Å². The minimum absolute atomic E-state index is 0.619. The highest BCUT2D eigenvalue weighted by atomic mass is 16.5. The molecule has 78 valence electrons. The van der Waals surface area contributed by atoms with Crippen LogP contribution in [0.4, 0.5) is 0 Å². The summed E-state index contributed by atoms with van der Waals surface area (Å²) in [7, 11) is 1.66. The van der Waals surface area contributed by atoms with Crippen LogP contribution < -0.4 is 10.5 Å². The quantitative estimate of drug-likeness (QED) is 0.824. The maximum atomic E-state index is 5.50. The van der Waals surface area contributed by atoms with E-state index in [-0.39, 0.29) is 0 Å². The molecule has 0 bridgehead atoms. The molecule has 0 aliphatic carbocycles. The van der Waals surface area contributed by atoms with Crippen LogP contribution in [-0.2, 0) is 6.42 Å². The van der Waals surface area contributed by atoms with Crippen LogP contribution in [-0.4, -0.2) is 18.6 Å². The number of aromatic nitrogens is 1. The van der Waals surface area contributed by atoms with Gasteiger partial charge < -0.3 is 10.5 Å². The second kappa shape index (κ2) is 4.28. The minimum atomic E-state index is 0.619. The van der Waals surface area contributed by atoms with Gasteiger partial charge in [0.25, 0.3) is 0 Å². The summed E-state index contributed by atoms with van der Waals surface area (Å²) in [5.74, 6) is 0.811. The van der Waals surface area contributed by atoms with Crippen molar-refractivity contribution >= 4 is 10.9 Å². The van der Waals surface area contributed by atoms with Crippen LogP contribution in [0.3, 0.4) is 0 Å². The molecular formula is C12H14N2O. The number of pyridine rings is 1. The van der Waals surface area contributed by atoms with E-state index in [1.54, 1.807) is 7.11 Å². The molecule has 2 rings (SSSR count). The van der Waals surface area contributed by atoms with E-state index in [9.17, 15) is 0 Å². The largest absolute Gasteiger partial charge is 0.494 e. The zero-order valence-electron chi connectivity index (χ0n) is 8.73. The van der Waals surface area contributed by atoms with E-state index in [1.165, 1.54) is 0 Å². The number of ether oxygens (including phenoxy) is 1. The number of hydrogen-bond donors (Lipinski definition) is 1. The van der Waals surface area contributed by atoms with Gasteiger partial charge in [-0.15, -0.1) is 0 Å². The summed E-state index contributed by atoms with van der Waals surface area (Å²) in [4.78, 5) is 4.53. The third kappa shape index (κ3) is 1.92. The molecule has 0 atom stereocenters. The first-order valence-electron chi connectivity index (χ1n) is 4.98. The fourth-order valence-electron chi connectivity index (χ4n) is 1.61. The van der Waals surface area contributed by atoms with Crippen LogP contribution in [0.1, 0.15) is 5.69 Å². The maximum absolute atomic E-state index is 5.50. The predicted octanol–water partition coefficient (Wildman–Crippen LogP) is 1.74. The van der Waals surface area contributed by atoms with Gasteiger partial charge in [0.15, 0.2) is 0 Å². The lowest BCUT2D eigenvalue weighted by atomic mass is 10.1. The number of rotatable bonds is 3. The first-order chi connectivity index (χ1) is 7.35. The molecule has 2 N–H and O–H groups in total. The van der Waals surface area contributed by atoms with Gasteiger partial charge in [-0.25, -0.2) is 4.98 Å². The summed E-state index contributed by atoms with van der Waals surface area (Å²) in [6.45, 7) is 0.619. The number of benzene rings is 1. The molecule has 15 heavy (non-hydrogen) atoms. The van der Waals surface area contributed by atoms with Crippen LogP contribution in [0.2, 0.25) is 0 Å². The van der Waals surface area contributed by atoms with Gasteiger partial charge in [0.05, 0.1) is 7.11 Å². The lowest BCUT2D eigenvalue weighted by molar-refractivity contribution is 0.419. The van der Waals surface area contributed by atoms with Gasteiger partial charge in [-0.05, 0) is 18.7 Å². The Morgan fingerprint density at radius 3 is 2.87 bits per heavy atom. The molecule has 0 amide bonds. The number of fused-ring (bicyclic) bond motifs is 1. The molecule has 1 aromatic carbocycles. The smallest absolute Gasteiger partial charge is 0.145 e. The minimum Gasteiger partial charge on any atom is -0.494 e. The summed E-state index contributed by atoms with van der Waals surface area (Å²) in [6, 6.07) is 9.97. The van der Waals surface area contributed by atoms with Crippen molar-refractivity contribution in [1.82, 2.24) is 4.98 Å². The number of nitrogens with zero attached hydrogens (tertiary/aromatic N) is 1. The van der Waals surface area contributed by atoms with Crippen molar-refractivity contribution in [3.05, 3.63) is 36.0 Å². The molecule has 0 saturated carbocycles. The second-order valence-corrected chi connectivity index (χ2v) is 3.37. The molecule has 1 aromatic heterocycles.